The molecule has 4 nitrogen and oxygen atoms in total. The summed E-state index contributed by atoms with van der Waals surface area (Å²) in [6.45, 7) is 5.17. The molecule has 0 aliphatic rings. The van der Waals surface area contributed by atoms with Crippen molar-refractivity contribution in [3.8, 4) is 0 Å². The number of unbranched alkanes of at least 4 members (excludes halogenated alkanes) is 17. The average molecular weight is 683 g/mol. The van der Waals surface area contributed by atoms with Crippen LogP contribution in [-0.2, 0) is 14.3 Å². The maximum Gasteiger partial charge on any atom is 0.306 e. The third kappa shape index (κ3) is 40.1. The van der Waals surface area contributed by atoms with Gasteiger partial charge < -0.3 is 14.6 Å². The number of rotatable bonds is 37. The van der Waals surface area contributed by atoms with E-state index in [-0.39, 0.29) is 19.2 Å². The Balaban J connectivity index is 3.48. The summed E-state index contributed by atoms with van der Waals surface area (Å²) in [4.78, 5) is 12.2. The highest BCUT2D eigenvalue weighted by Crippen LogP contribution is 2.12. The Bertz CT molecular complexity index is 850. The summed E-state index contributed by atoms with van der Waals surface area (Å²) in [5.41, 5.74) is 0. The minimum Gasteiger partial charge on any atom is -0.457 e. The highest BCUT2D eigenvalue weighted by Gasteiger charge is 2.13. The zero-order valence-electron chi connectivity index (χ0n) is 32.2. The number of aliphatic hydroxyl groups is 1. The number of aliphatic hydroxyl groups excluding tert-OH is 1. The zero-order chi connectivity index (χ0) is 35.6. The van der Waals surface area contributed by atoms with Crippen molar-refractivity contribution in [1.82, 2.24) is 0 Å². The summed E-state index contributed by atoms with van der Waals surface area (Å²) < 4.78 is 11.1. The van der Waals surface area contributed by atoms with Gasteiger partial charge in [-0.15, -0.1) is 0 Å². The second-order valence-corrected chi connectivity index (χ2v) is 13.3. The monoisotopic (exact) mass is 683 g/mol. The molecule has 1 unspecified atom stereocenters. The first-order chi connectivity index (χ1) is 24.2. The van der Waals surface area contributed by atoms with Crippen LogP contribution < -0.4 is 0 Å². The van der Waals surface area contributed by atoms with Gasteiger partial charge in [0, 0.05) is 13.0 Å². The van der Waals surface area contributed by atoms with E-state index in [4.69, 9.17) is 9.47 Å². The van der Waals surface area contributed by atoms with Crippen LogP contribution in [0.15, 0.2) is 72.9 Å². The van der Waals surface area contributed by atoms with E-state index in [9.17, 15) is 9.90 Å². The molecule has 0 fully saturated rings. The molecule has 0 rings (SSSR count). The highest BCUT2D eigenvalue weighted by molar-refractivity contribution is 5.69. The van der Waals surface area contributed by atoms with Crippen molar-refractivity contribution >= 4 is 5.97 Å². The number of esters is 1. The van der Waals surface area contributed by atoms with Crippen LogP contribution in [0.1, 0.15) is 181 Å². The molecule has 0 aliphatic carbocycles. The lowest BCUT2D eigenvalue weighted by molar-refractivity contribution is -0.154. The summed E-state index contributed by atoms with van der Waals surface area (Å²) in [6, 6.07) is 0. The fraction of sp³-hybridized carbons (Fsp3) is 0.711. The third-order valence-electron chi connectivity index (χ3n) is 8.52. The van der Waals surface area contributed by atoms with E-state index in [0.29, 0.717) is 13.0 Å². The predicted molar refractivity (Wildman–Crippen MR) is 214 cm³/mol. The van der Waals surface area contributed by atoms with E-state index in [1.807, 2.05) is 0 Å². The molecule has 0 saturated heterocycles. The highest BCUT2D eigenvalue weighted by atomic mass is 16.6. The van der Waals surface area contributed by atoms with Gasteiger partial charge in [0.2, 0.25) is 0 Å². The lowest BCUT2D eigenvalue weighted by Crippen LogP contribution is -2.27. The largest absolute Gasteiger partial charge is 0.457 e. The first-order valence-electron chi connectivity index (χ1n) is 20.5. The summed E-state index contributed by atoms with van der Waals surface area (Å²) in [5, 5.41) is 9.59. The van der Waals surface area contributed by atoms with Gasteiger partial charge in [0.25, 0.3) is 0 Å². The van der Waals surface area contributed by atoms with Gasteiger partial charge in [0.1, 0.15) is 6.10 Å². The molecule has 0 amide bonds. The molecule has 0 aromatic heterocycles. The number of ether oxygens (including phenoxy) is 2. The van der Waals surface area contributed by atoms with Crippen molar-refractivity contribution in [2.75, 3.05) is 19.8 Å². The summed E-state index contributed by atoms with van der Waals surface area (Å²) in [7, 11) is 0. The van der Waals surface area contributed by atoms with Crippen LogP contribution in [0.5, 0.6) is 0 Å². The second-order valence-electron chi connectivity index (χ2n) is 13.3. The molecule has 0 heterocycles. The Morgan fingerprint density at radius 2 is 0.918 bits per heavy atom. The smallest absolute Gasteiger partial charge is 0.306 e. The van der Waals surface area contributed by atoms with Gasteiger partial charge in [-0.2, -0.15) is 0 Å². The number of allylic oxidation sites excluding steroid dienone is 12. The maximum atomic E-state index is 12.2. The Kier molecular flexibility index (Phi) is 40.1. The molecule has 0 aromatic carbocycles. The molecule has 0 bridgehead atoms. The minimum atomic E-state index is -0.548. The van der Waals surface area contributed by atoms with Crippen molar-refractivity contribution in [3.05, 3.63) is 72.9 Å². The molecule has 49 heavy (non-hydrogen) atoms. The quantitative estimate of drug-likeness (QED) is 0.0402. The van der Waals surface area contributed by atoms with Crippen LogP contribution in [0, 0.1) is 0 Å². The fourth-order valence-electron chi connectivity index (χ4n) is 5.47. The average Bonchev–Trinajstić information content (AvgIpc) is 3.11. The molecule has 0 radical (unpaired) electrons. The van der Waals surface area contributed by atoms with Crippen LogP contribution in [-0.4, -0.2) is 37.0 Å². The van der Waals surface area contributed by atoms with Crippen molar-refractivity contribution < 1.29 is 19.4 Å². The lowest BCUT2D eigenvalue weighted by atomic mass is 10.1. The van der Waals surface area contributed by atoms with Crippen molar-refractivity contribution in [2.45, 2.75) is 187 Å². The van der Waals surface area contributed by atoms with Crippen LogP contribution in [0.3, 0.4) is 0 Å². The lowest BCUT2D eigenvalue weighted by Gasteiger charge is -2.15. The van der Waals surface area contributed by atoms with Crippen molar-refractivity contribution in [3.63, 3.8) is 0 Å². The van der Waals surface area contributed by atoms with Crippen molar-refractivity contribution in [2.24, 2.45) is 0 Å². The van der Waals surface area contributed by atoms with Crippen LogP contribution in [0.4, 0.5) is 0 Å². The van der Waals surface area contributed by atoms with E-state index < -0.39 is 6.10 Å². The molecular formula is C45H78O4. The van der Waals surface area contributed by atoms with Gasteiger partial charge in [-0.3, -0.25) is 4.79 Å². The minimum absolute atomic E-state index is 0.183. The molecule has 4 heteroatoms. The number of hydrogen-bond donors (Lipinski definition) is 1. The molecule has 0 aliphatic heterocycles. The zero-order valence-corrected chi connectivity index (χ0v) is 32.2. The first-order valence-corrected chi connectivity index (χ1v) is 20.5. The Hall–Kier alpha value is -2.17. The van der Waals surface area contributed by atoms with Gasteiger partial charge >= 0.3 is 5.97 Å². The van der Waals surface area contributed by atoms with Crippen molar-refractivity contribution in [1.29, 1.82) is 0 Å². The molecule has 282 valence electrons. The molecule has 1 atom stereocenters. The van der Waals surface area contributed by atoms with Gasteiger partial charge in [-0.1, -0.05) is 164 Å². The number of carbonyl (C=O) groups excluding carboxylic acids is 1. The summed E-state index contributed by atoms with van der Waals surface area (Å²) >= 11 is 0. The normalized spacial score (nSPS) is 13.1. The molecule has 0 aromatic rings. The molecule has 1 N–H and O–H groups in total. The predicted octanol–water partition coefficient (Wildman–Crippen LogP) is 13.4. The van der Waals surface area contributed by atoms with Gasteiger partial charge in [-0.25, -0.2) is 0 Å². The second kappa shape index (κ2) is 42.0. The SMILES string of the molecule is CC/C=C\C/C=C\C/C=C\C/C=C\CCCCCCCCCCCOCC(CO)OC(=O)CCCCCCC/C=C\C/C=C\CCCCC. The summed E-state index contributed by atoms with van der Waals surface area (Å²) in [6.07, 6.45) is 56.7. The standard InChI is InChI=1S/C45H78O4/c1-3-5-7-9-11-13-15-17-19-20-21-22-23-24-25-27-29-31-33-35-37-39-41-48-43-44(42-46)49-45(47)40-38-36-34-32-30-28-26-18-16-14-12-10-8-6-4-2/h5,7,11-14,17-19,21-22,26,44,46H,3-4,6,8-10,15-16,20,23-25,27-43H2,1-2H3/b7-5-,13-11-,14-12-,19-17-,22-21-,26-18-. The van der Waals surface area contributed by atoms with Gasteiger partial charge in [-0.05, 0) is 83.5 Å². The number of carbonyl (C=O) groups is 1. The van der Waals surface area contributed by atoms with Crippen LogP contribution in [0.2, 0.25) is 0 Å². The van der Waals surface area contributed by atoms with Crippen LogP contribution in [0.25, 0.3) is 0 Å². The maximum absolute atomic E-state index is 12.2. The molecule has 0 spiro atoms. The van der Waals surface area contributed by atoms with E-state index in [1.165, 1.54) is 96.3 Å². The van der Waals surface area contributed by atoms with E-state index in [2.05, 4.69) is 86.8 Å². The number of hydrogen-bond acceptors (Lipinski definition) is 4. The van der Waals surface area contributed by atoms with E-state index >= 15 is 0 Å². The van der Waals surface area contributed by atoms with Gasteiger partial charge in [0.15, 0.2) is 0 Å². The van der Waals surface area contributed by atoms with Gasteiger partial charge in [0.05, 0.1) is 13.2 Å². The summed E-state index contributed by atoms with van der Waals surface area (Å²) in [5.74, 6) is -0.219. The third-order valence-corrected chi connectivity index (χ3v) is 8.52. The fourth-order valence-corrected chi connectivity index (χ4v) is 5.47. The van der Waals surface area contributed by atoms with Crippen LogP contribution >= 0.6 is 0 Å². The molecular weight excluding hydrogens is 604 g/mol. The first kappa shape index (κ1) is 46.8. The Morgan fingerprint density at radius 3 is 1.39 bits per heavy atom. The topological polar surface area (TPSA) is 55.8 Å². The Labute approximate surface area is 304 Å². The van der Waals surface area contributed by atoms with E-state index in [1.54, 1.807) is 0 Å². The van der Waals surface area contributed by atoms with E-state index in [0.717, 1.165) is 64.2 Å². The molecule has 0 saturated carbocycles. The Morgan fingerprint density at radius 1 is 0.510 bits per heavy atom.